The van der Waals surface area contributed by atoms with Crippen molar-refractivity contribution in [2.45, 2.75) is 19.4 Å². The first-order valence-electron chi connectivity index (χ1n) is 7.37. The summed E-state index contributed by atoms with van der Waals surface area (Å²) in [6.07, 6.45) is 1.21. The largest absolute Gasteiger partial charge is 0.338 e. The Bertz CT molecular complexity index is 994. The number of fused-ring (bicyclic) bond motifs is 3. The Kier molecular flexibility index (Phi) is 2.98. The first-order chi connectivity index (χ1) is 11.2. The highest BCUT2D eigenvalue weighted by Gasteiger charge is 2.25. The van der Waals surface area contributed by atoms with Crippen LogP contribution >= 0.6 is 0 Å². The summed E-state index contributed by atoms with van der Waals surface area (Å²) in [5, 5.41) is 18.1. The highest BCUT2D eigenvalue weighted by Crippen LogP contribution is 2.33. The Morgan fingerprint density at radius 1 is 1.26 bits per heavy atom. The molecule has 112 valence electrons. The van der Waals surface area contributed by atoms with Gasteiger partial charge in [-0.05, 0) is 35.9 Å². The molecule has 0 unspecified atom stereocenters. The molecule has 5 heteroatoms. The first kappa shape index (κ1) is 13.6. The average Bonchev–Trinajstić information content (AvgIpc) is 3.04. The maximum absolute atomic E-state index is 13.4. The van der Waals surface area contributed by atoms with E-state index in [9.17, 15) is 4.39 Å². The van der Waals surface area contributed by atoms with E-state index in [2.05, 4.69) is 15.6 Å². The molecule has 0 spiro atoms. The number of hydrogen-bond acceptors (Lipinski definition) is 3. The third kappa shape index (κ3) is 2.20. The molecule has 4 nitrogen and oxygen atoms in total. The quantitative estimate of drug-likeness (QED) is 0.739. The molecule has 2 aromatic heterocycles. The zero-order valence-corrected chi connectivity index (χ0v) is 12.3. The van der Waals surface area contributed by atoms with Crippen molar-refractivity contribution in [3.8, 4) is 6.07 Å². The lowest BCUT2D eigenvalue weighted by Crippen LogP contribution is -2.07. The summed E-state index contributed by atoms with van der Waals surface area (Å²) in [7, 11) is 0. The van der Waals surface area contributed by atoms with Gasteiger partial charge in [0, 0.05) is 35.2 Å². The molecule has 0 radical (unpaired) electrons. The van der Waals surface area contributed by atoms with Crippen LogP contribution < -0.4 is 0 Å². The van der Waals surface area contributed by atoms with Crippen molar-refractivity contribution in [2.75, 3.05) is 0 Å². The number of hydrogen-bond donors (Lipinski definition) is 1. The van der Waals surface area contributed by atoms with Gasteiger partial charge in [0.1, 0.15) is 0 Å². The van der Waals surface area contributed by atoms with Gasteiger partial charge >= 0.3 is 0 Å². The SMILES string of the molecule is N#Cc1ccc2c(c1)c1c(n2Cc2cccc(F)n2)CC(=N)C1. The second-order valence-corrected chi connectivity index (χ2v) is 5.76. The van der Waals surface area contributed by atoms with E-state index in [1.54, 1.807) is 18.2 Å². The predicted molar refractivity (Wildman–Crippen MR) is 85.1 cm³/mol. The van der Waals surface area contributed by atoms with Crippen LogP contribution in [0.2, 0.25) is 0 Å². The Balaban J connectivity index is 1.91. The van der Waals surface area contributed by atoms with Crippen molar-refractivity contribution in [3.63, 3.8) is 0 Å². The second kappa shape index (κ2) is 5.03. The fraction of sp³-hybridized carbons (Fsp3) is 0.167. The predicted octanol–water partition coefficient (Wildman–Crippen LogP) is 3.21. The molecule has 0 fully saturated rings. The number of pyridine rings is 1. The Morgan fingerprint density at radius 3 is 2.91 bits per heavy atom. The number of aromatic nitrogens is 2. The highest BCUT2D eigenvalue weighted by atomic mass is 19.1. The monoisotopic (exact) mass is 304 g/mol. The zero-order chi connectivity index (χ0) is 16.0. The lowest BCUT2D eigenvalue weighted by molar-refractivity contribution is 0.573. The van der Waals surface area contributed by atoms with Gasteiger partial charge in [-0.3, -0.25) is 0 Å². The van der Waals surface area contributed by atoms with Crippen LogP contribution in [0.3, 0.4) is 0 Å². The van der Waals surface area contributed by atoms with Gasteiger partial charge in [-0.2, -0.15) is 9.65 Å². The summed E-state index contributed by atoms with van der Waals surface area (Å²) >= 11 is 0. The number of rotatable bonds is 2. The van der Waals surface area contributed by atoms with Crippen molar-refractivity contribution in [2.24, 2.45) is 0 Å². The van der Waals surface area contributed by atoms with E-state index in [-0.39, 0.29) is 0 Å². The Hall–Kier alpha value is -3.00. The zero-order valence-electron chi connectivity index (χ0n) is 12.3. The van der Waals surface area contributed by atoms with Crippen molar-refractivity contribution in [1.29, 1.82) is 10.7 Å². The third-order valence-corrected chi connectivity index (χ3v) is 4.28. The molecule has 3 aromatic rings. The minimum atomic E-state index is -0.491. The van der Waals surface area contributed by atoms with E-state index < -0.39 is 5.95 Å². The van der Waals surface area contributed by atoms with Gasteiger partial charge in [0.25, 0.3) is 0 Å². The van der Waals surface area contributed by atoms with Crippen LogP contribution in [-0.2, 0) is 19.4 Å². The molecular formula is C18H13FN4. The Labute approximate surface area is 132 Å². The van der Waals surface area contributed by atoms with Crippen LogP contribution in [0.4, 0.5) is 4.39 Å². The molecule has 0 bridgehead atoms. The molecule has 0 atom stereocenters. The highest BCUT2D eigenvalue weighted by molar-refractivity contribution is 5.99. The van der Waals surface area contributed by atoms with E-state index in [0.717, 1.165) is 22.2 Å². The van der Waals surface area contributed by atoms with Gasteiger partial charge in [-0.15, -0.1) is 0 Å². The average molecular weight is 304 g/mol. The van der Waals surface area contributed by atoms with Gasteiger partial charge in [-0.25, -0.2) is 4.98 Å². The fourth-order valence-corrected chi connectivity index (χ4v) is 3.30. The molecule has 1 aromatic carbocycles. The number of nitrogens with one attached hydrogen (secondary N) is 1. The van der Waals surface area contributed by atoms with Crippen molar-refractivity contribution >= 4 is 16.6 Å². The lowest BCUT2D eigenvalue weighted by Gasteiger charge is -2.09. The van der Waals surface area contributed by atoms with Crippen LogP contribution in [0.25, 0.3) is 10.9 Å². The van der Waals surface area contributed by atoms with Crippen molar-refractivity contribution < 1.29 is 4.39 Å². The molecule has 0 saturated heterocycles. The van der Waals surface area contributed by atoms with Crippen molar-refractivity contribution in [1.82, 2.24) is 9.55 Å². The summed E-state index contributed by atoms with van der Waals surface area (Å²) in [6.45, 7) is 0.461. The number of halogens is 1. The number of nitrogens with zero attached hydrogens (tertiary/aromatic N) is 3. The van der Waals surface area contributed by atoms with Gasteiger partial charge in [0.05, 0.1) is 23.9 Å². The normalized spacial score (nSPS) is 13.3. The minimum absolute atomic E-state index is 0.461. The number of nitriles is 1. The maximum atomic E-state index is 13.4. The van der Waals surface area contributed by atoms with Crippen LogP contribution in [0.15, 0.2) is 36.4 Å². The number of benzene rings is 1. The molecule has 0 saturated carbocycles. The Morgan fingerprint density at radius 2 is 2.13 bits per heavy atom. The maximum Gasteiger partial charge on any atom is 0.213 e. The van der Waals surface area contributed by atoms with E-state index in [0.29, 0.717) is 36.4 Å². The van der Waals surface area contributed by atoms with Gasteiger partial charge < -0.3 is 9.98 Å². The molecule has 0 aliphatic heterocycles. The first-order valence-corrected chi connectivity index (χ1v) is 7.37. The third-order valence-electron chi connectivity index (χ3n) is 4.28. The van der Waals surface area contributed by atoms with Crippen LogP contribution in [0.5, 0.6) is 0 Å². The summed E-state index contributed by atoms with van der Waals surface area (Å²) < 4.78 is 15.4. The molecule has 1 aliphatic rings. The van der Waals surface area contributed by atoms with Crippen LogP contribution in [0, 0.1) is 22.7 Å². The summed E-state index contributed by atoms with van der Waals surface area (Å²) in [4.78, 5) is 3.94. The summed E-state index contributed by atoms with van der Waals surface area (Å²) in [5.41, 5.74) is 5.12. The molecule has 2 heterocycles. The topological polar surface area (TPSA) is 65.5 Å². The molecule has 1 N–H and O–H groups in total. The van der Waals surface area contributed by atoms with Gasteiger partial charge in [0.2, 0.25) is 5.95 Å². The molecule has 0 amide bonds. The van der Waals surface area contributed by atoms with E-state index >= 15 is 0 Å². The van der Waals surface area contributed by atoms with E-state index in [1.807, 2.05) is 12.1 Å². The van der Waals surface area contributed by atoms with Crippen LogP contribution in [0.1, 0.15) is 22.5 Å². The smallest absolute Gasteiger partial charge is 0.213 e. The van der Waals surface area contributed by atoms with Crippen LogP contribution in [-0.4, -0.2) is 15.3 Å². The summed E-state index contributed by atoms with van der Waals surface area (Å²) in [5.74, 6) is -0.491. The van der Waals surface area contributed by atoms with E-state index in [1.165, 1.54) is 6.07 Å². The van der Waals surface area contributed by atoms with Gasteiger partial charge in [0.15, 0.2) is 0 Å². The summed E-state index contributed by atoms with van der Waals surface area (Å²) in [6, 6.07) is 12.5. The van der Waals surface area contributed by atoms with E-state index in [4.69, 9.17) is 10.7 Å². The molecule has 4 rings (SSSR count). The minimum Gasteiger partial charge on any atom is -0.338 e. The molecule has 1 aliphatic carbocycles. The standard InChI is InChI=1S/C18H13FN4/c19-18-3-1-2-13(22-18)10-23-16-5-4-11(9-20)6-14(16)15-7-12(21)8-17(15)23/h1-6,21H,7-8,10H2. The molecular weight excluding hydrogens is 291 g/mol. The molecule has 23 heavy (non-hydrogen) atoms. The second-order valence-electron chi connectivity index (χ2n) is 5.76. The lowest BCUT2D eigenvalue weighted by atomic mass is 10.1. The fourth-order valence-electron chi connectivity index (χ4n) is 3.30. The van der Waals surface area contributed by atoms with Crippen molar-refractivity contribution in [3.05, 3.63) is 64.9 Å². The van der Waals surface area contributed by atoms with Gasteiger partial charge in [-0.1, -0.05) is 6.07 Å².